The van der Waals surface area contributed by atoms with E-state index in [4.69, 9.17) is 0 Å². The Morgan fingerprint density at radius 2 is 2.00 bits per heavy atom. The van der Waals surface area contributed by atoms with E-state index < -0.39 is 0 Å². The lowest BCUT2D eigenvalue weighted by atomic mass is 9.68. The predicted molar refractivity (Wildman–Crippen MR) is 59.9 cm³/mol. The van der Waals surface area contributed by atoms with E-state index in [1.165, 1.54) is 25.7 Å². The molecule has 14 heavy (non-hydrogen) atoms. The molecule has 3 aliphatic carbocycles. The Bertz CT molecular complexity index is 348. The highest BCUT2D eigenvalue weighted by atomic mass is 14.4. The molecule has 72 valence electrons. The summed E-state index contributed by atoms with van der Waals surface area (Å²) in [5.41, 5.74) is 3.22. The van der Waals surface area contributed by atoms with Gasteiger partial charge >= 0.3 is 0 Å². The van der Waals surface area contributed by atoms with E-state index in [1.807, 2.05) is 0 Å². The van der Waals surface area contributed by atoms with Crippen LogP contribution in [0.5, 0.6) is 0 Å². The van der Waals surface area contributed by atoms with Gasteiger partial charge in [-0.3, -0.25) is 0 Å². The minimum absolute atomic E-state index is 0.753. The van der Waals surface area contributed by atoms with Gasteiger partial charge in [0.05, 0.1) is 0 Å². The van der Waals surface area contributed by atoms with Crippen molar-refractivity contribution < 1.29 is 0 Å². The minimum atomic E-state index is 0.753. The molecule has 0 bridgehead atoms. The summed E-state index contributed by atoms with van der Waals surface area (Å²) in [6, 6.07) is 0. The number of hydrogen-bond acceptors (Lipinski definition) is 0. The number of hydrogen-bond donors (Lipinski definition) is 0. The predicted octanol–water partition coefficient (Wildman–Crippen LogP) is 3.79. The molecule has 0 spiro atoms. The Morgan fingerprint density at radius 3 is 2.43 bits per heavy atom. The first kappa shape index (κ1) is 8.28. The van der Waals surface area contributed by atoms with Crippen LogP contribution in [0.2, 0.25) is 0 Å². The van der Waals surface area contributed by atoms with Gasteiger partial charge in [-0.25, -0.2) is 0 Å². The van der Waals surface area contributed by atoms with Crippen LogP contribution in [0.25, 0.3) is 0 Å². The van der Waals surface area contributed by atoms with Crippen molar-refractivity contribution in [3.63, 3.8) is 0 Å². The first-order valence-electron chi connectivity index (χ1n) is 5.69. The van der Waals surface area contributed by atoms with Crippen LogP contribution in [-0.4, -0.2) is 0 Å². The van der Waals surface area contributed by atoms with Crippen molar-refractivity contribution in [3.8, 4) is 0 Å². The van der Waals surface area contributed by atoms with Crippen molar-refractivity contribution in [1.29, 1.82) is 0 Å². The van der Waals surface area contributed by atoms with Crippen molar-refractivity contribution in [2.75, 3.05) is 0 Å². The maximum atomic E-state index is 2.33. The summed E-state index contributed by atoms with van der Waals surface area (Å²) in [4.78, 5) is 0. The van der Waals surface area contributed by atoms with Gasteiger partial charge in [0.25, 0.3) is 0 Å². The van der Waals surface area contributed by atoms with Gasteiger partial charge in [-0.05, 0) is 30.8 Å². The molecule has 3 rings (SSSR count). The molecule has 0 heteroatoms. The summed E-state index contributed by atoms with van der Waals surface area (Å²) < 4.78 is 0. The first-order valence-corrected chi connectivity index (χ1v) is 5.69. The van der Waals surface area contributed by atoms with E-state index in [0.29, 0.717) is 0 Å². The van der Waals surface area contributed by atoms with Crippen molar-refractivity contribution in [3.05, 3.63) is 47.6 Å². The molecule has 0 N–H and O–H groups in total. The van der Waals surface area contributed by atoms with E-state index in [9.17, 15) is 0 Å². The van der Waals surface area contributed by atoms with Gasteiger partial charge in [0.2, 0.25) is 0 Å². The molecule has 1 atom stereocenters. The highest BCUT2D eigenvalue weighted by molar-refractivity contribution is 5.44. The average molecular weight is 184 g/mol. The van der Waals surface area contributed by atoms with Crippen molar-refractivity contribution in [1.82, 2.24) is 0 Å². The van der Waals surface area contributed by atoms with Gasteiger partial charge in [-0.2, -0.15) is 0 Å². The van der Waals surface area contributed by atoms with E-state index in [0.717, 1.165) is 11.8 Å². The van der Waals surface area contributed by atoms with Crippen LogP contribution in [0.4, 0.5) is 0 Å². The number of rotatable bonds is 3. The van der Waals surface area contributed by atoms with E-state index >= 15 is 0 Å². The smallest absolute Gasteiger partial charge is 0.00826 e. The van der Waals surface area contributed by atoms with Gasteiger partial charge in [0, 0.05) is 5.92 Å². The summed E-state index contributed by atoms with van der Waals surface area (Å²) in [5, 5.41) is 0. The van der Waals surface area contributed by atoms with Crippen LogP contribution in [0.15, 0.2) is 47.6 Å². The summed E-state index contributed by atoms with van der Waals surface area (Å²) in [6.45, 7) is 0. The molecule has 1 unspecified atom stereocenters. The second-order valence-electron chi connectivity index (χ2n) is 4.57. The molecule has 0 radical (unpaired) electrons. The summed E-state index contributed by atoms with van der Waals surface area (Å²) in [7, 11) is 0. The van der Waals surface area contributed by atoms with Gasteiger partial charge in [-0.1, -0.05) is 48.5 Å². The molecule has 0 amide bonds. The zero-order valence-electron chi connectivity index (χ0n) is 8.45. The fourth-order valence-electron chi connectivity index (χ4n) is 2.67. The molecule has 1 fully saturated rings. The highest BCUT2D eigenvalue weighted by Crippen LogP contribution is 2.44. The Balaban J connectivity index is 1.80. The van der Waals surface area contributed by atoms with E-state index in [-0.39, 0.29) is 0 Å². The van der Waals surface area contributed by atoms with Crippen LogP contribution in [0.3, 0.4) is 0 Å². The first-order chi connectivity index (χ1) is 6.95. The molecule has 3 aliphatic rings. The van der Waals surface area contributed by atoms with Crippen LogP contribution in [0.1, 0.15) is 25.7 Å². The molecular formula is C14H16. The molecule has 0 aromatic carbocycles. The fraction of sp³-hybridized carbons (Fsp3) is 0.429. The normalized spacial score (nSPS) is 26.6. The lowest BCUT2D eigenvalue weighted by molar-refractivity contribution is 0.257. The second-order valence-corrected chi connectivity index (χ2v) is 4.57. The lowest BCUT2D eigenvalue weighted by Crippen LogP contribution is -2.25. The minimum Gasteiger partial charge on any atom is -0.0804 e. The van der Waals surface area contributed by atoms with E-state index in [2.05, 4.69) is 36.5 Å². The maximum absolute atomic E-state index is 2.33. The van der Waals surface area contributed by atoms with Gasteiger partial charge in [-0.15, -0.1) is 0 Å². The molecule has 1 saturated carbocycles. The molecular weight excluding hydrogens is 168 g/mol. The van der Waals surface area contributed by atoms with Gasteiger partial charge in [0.15, 0.2) is 0 Å². The van der Waals surface area contributed by atoms with Crippen molar-refractivity contribution in [2.45, 2.75) is 25.7 Å². The van der Waals surface area contributed by atoms with Gasteiger partial charge < -0.3 is 0 Å². The Kier molecular flexibility index (Phi) is 1.93. The monoisotopic (exact) mass is 184 g/mol. The molecule has 0 aromatic rings. The zero-order chi connectivity index (χ0) is 9.38. The maximum Gasteiger partial charge on any atom is 0.00826 e. The topological polar surface area (TPSA) is 0 Å². The van der Waals surface area contributed by atoms with Crippen LogP contribution in [-0.2, 0) is 0 Å². The molecule has 0 aliphatic heterocycles. The van der Waals surface area contributed by atoms with Crippen molar-refractivity contribution >= 4 is 0 Å². The van der Waals surface area contributed by atoms with E-state index in [1.54, 1.807) is 11.1 Å². The second kappa shape index (κ2) is 3.27. The van der Waals surface area contributed by atoms with Crippen LogP contribution >= 0.6 is 0 Å². The van der Waals surface area contributed by atoms with Crippen LogP contribution < -0.4 is 0 Å². The standard InChI is InChI=1S/C14H16/c1-2-6-11(5-1)14(12-7-3-8-12)13-9-4-10-13/h1-3,5,7-8,13-14H,4,6,9-10H2. The highest BCUT2D eigenvalue weighted by Gasteiger charge is 2.32. The average Bonchev–Trinajstić information content (AvgIpc) is 2.47. The fourth-order valence-corrected chi connectivity index (χ4v) is 2.67. The summed E-state index contributed by atoms with van der Waals surface area (Å²) >= 11 is 0. The third-order valence-electron chi connectivity index (χ3n) is 3.76. The number of allylic oxidation sites excluding steroid dienone is 8. The Morgan fingerprint density at radius 1 is 1.14 bits per heavy atom. The lowest BCUT2D eigenvalue weighted by Gasteiger charge is -2.37. The van der Waals surface area contributed by atoms with Gasteiger partial charge in [0.1, 0.15) is 0 Å². The molecule has 0 nitrogen and oxygen atoms in total. The summed E-state index contributed by atoms with van der Waals surface area (Å²) in [6.07, 6.45) is 19.1. The SMILES string of the molecule is C1=CCC(C(C2=CC=C2)C2CCC2)=C1. The third-order valence-corrected chi connectivity index (χ3v) is 3.76. The zero-order valence-corrected chi connectivity index (χ0v) is 8.45. The van der Waals surface area contributed by atoms with Crippen molar-refractivity contribution in [2.24, 2.45) is 11.8 Å². The molecule has 0 heterocycles. The summed E-state index contributed by atoms with van der Waals surface area (Å²) in [5.74, 6) is 1.70. The molecule has 0 aromatic heterocycles. The molecule has 0 saturated heterocycles. The third kappa shape index (κ3) is 1.21. The largest absolute Gasteiger partial charge is 0.0804 e. The van der Waals surface area contributed by atoms with Crippen LogP contribution in [0, 0.1) is 11.8 Å². The Hall–Kier alpha value is -1.04. The quantitative estimate of drug-likeness (QED) is 0.626. The Labute approximate surface area is 85.7 Å².